The van der Waals surface area contributed by atoms with E-state index in [0.29, 0.717) is 6.54 Å². The second-order valence-electron chi connectivity index (χ2n) is 3.56. The Balaban J connectivity index is 2.56. The average Bonchev–Trinajstić information content (AvgIpc) is 2.24. The van der Waals surface area contributed by atoms with E-state index < -0.39 is 5.56 Å². The van der Waals surface area contributed by atoms with Crippen LogP contribution in [0.2, 0.25) is 0 Å². The van der Waals surface area contributed by atoms with Crippen molar-refractivity contribution in [2.75, 3.05) is 6.54 Å². The summed E-state index contributed by atoms with van der Waals surface area (Å²) in [4.78, 5) is 24.7. The highest BCUT2D eigenvalue weighted by molar-refractivity contribution is 5.96. The first kappa shape index (κ1) is 12.3. The zero-order valence-corrected chi connectivity index (χ0v) is 9.25. The Morgan fingerprint density at radius 1 is 1.50 bits per heavy atom. The van der Waals surface area contributed by atoms with Gasteiger partial charge in [0.25, 0.3) is 11.5 Å². The van der Waals surface area contributed by atoms with Crippen LogP contribution in [-0.4, -0.2) is 22.5 Å². The molecule has 1 aromatic rings. The molecular formula is C11H16N2O3. The van der Waals surface area contributed by atoms with Crippen LogP contribution in [0.4, 0.5) is 0 Å². The van der Waals surface area contributed by atoms with Gasteiger partial charge in [0.05, 0.1) is 5.56 Å². The van der Waals surface area contributed by atoms with Crippen LogP contribution < -0.4 is 10.9 Å². The number of carbonyl (C=O) groups is 1. The summed E-state index contributed by atoms with van der Waals surface area (Å²) >= 11 is 0. The zero-order valence-electron chi connectivity index (χ0n) is 9.25. The molecule has 0 saturated heterocycles. The van der Waals surface area contributed by atoms with Crippen molar-refractivity contribution in [1.29, 1.82) is 0 Å². The van der Waals surface area contributed by atoms with E-state index in [2.05, 4.69) is 17.2 Å². The molecule has 1 rings (SSSR count). The smallest absolute Gasteiger partial charge is 0.256 e. The first-order valence-corrected chi connectivity index (χ1v) is 5.35. The van der Waals surface area contributed by atoms with Gasteiger partial charge in [0.2, 0.25) is 0 Å². The van der Waals surface area contributed by atoms with E-state index in [4.69, 9.17) is 0 Å². The van der Waals surface area contributed by atoms with Crippen LogP contribution in [-0.2, 0) is 0 Å². The second-order valence-corrected chi connectivity index (χ2v) is 3.56. The molecule has 0 aliphatic heterocycles. The predicted molar refractivity (Wildman–Crippen MR) is 60.6 cm³/mol. The Morgan fingerprint density at radius 3 is 2.88 bits per heavy atom. The van der Waals surface area contributed by atoms with Crippen molar-refractivity contribution in [3.63, 3.8) is 0 Å². The topological polar surface area (TPSA) is 82.2 Å². The van der Waals surface area contributed by atoms with Crippen LogP contribution in [0.25, 0.3) is 0 Å². The number of pyridine rings is 1. The minimum Gasteiger partial charge on any atom is -0.507 e. The molecule has 5 heteroatoms. The quantitative estimate of drug-likeness (QED) is 0.652. The maximum atomic E-state index is 11.5. The Hall–Kier alpha value is -1.78. The molecule has 3 N–H and O–H groups in total. The number of aromatic hydroxyl groups is 1. The number of unbranched alkanes of at least 4 members (excludes halogenated alkanes) is 2. The van der Waals surface area contributed by atoms with Gasteiger partial charge in [-0.3, -0.25) is 9.59 Å². The lowest BCUT2D eigenvalue weighted by Crippen LogP contribution is -2.25. The maximum Gasteiger partial charge on any atom is 0.256 e. The Bertz CT molecular complexity index is 412. The normalized spacial score (nSPS) is 10.1. The summed E-state index contributed by atoms with van der Waals surface area (Å²) in [7, 11) is 0. The van der Waals surface area contributed by atoms with E-state index in [1.165, 1.54) is 6.20 Å². The summed E-state index contributed by atoms with van der Waals surface area (Å²) < 4.78 is 0. The molecule has 16 heavy (non-hydrogen) atoms. The standard InChI is InChI=1S/C11H16N2O3/c1-2-3-4-5-12-11(16)8-7-13-10(15)6-9(8)14/h6-7H,2-5H2,1H3,(H,12,16)(H2,13,14,15). The number of nitrogens with one attached hydrogen (secondary N) is 2. The third-order valence-electron chi connectivity index (χ3n) is 2.21. The third-order valence-corrected chi connectivity index (χ3v) is 2.21. The fourth-order valence-corrected chi connectivity index (χ4v) is 1.31. The van der Waals surface area contributed by atoms with Gasteiger partial charge in [0.15, 0.2) is 0 Å². The lowest BCUT2D eigenvalue weighted by Gasteiger charge is -2.05. The van der Waals surface area contributed by atoms with Gasteiger partial charge in [0, 0.05) is 18.8 Å². The first-order chi connectivity index (χ1) is 7.65. The van der Waals surface area contributed by atoms with Gasteiger partial charge in [-0.05, 0) is 6.42 Å². The Kier molecular flexibility index (Phi) is 4.57. The van der Waals surface area contributed by atoms with Gasteiger partial charge in [-0.1, -0.05) is 19.8 Å². The Morgan fingerprint density at radius 2 is 2.25 bits per heavy atom. The number of rotatable bonds is 5. The minimum absolute atomic E-state index is 0.0936. The van der Waals surface area contributed by atoms with Crippen LogP contribution in [0.15, 0.2) is 17.1 Å². The van der Waals surface area contributed by atoms with Crippen molar-refractivity contribution < 1.29 is 9.90 Å². The molecule has 1 heterocycles. The van der Waals surface area contributed by atoms with E-state index >= 15 is 0 Å². The number of aromatic nitrogens is 1. The summed E-state index contributed by atoms with van der Waals surface area (Å²) in [5, 5.41) is 12.1. The maximum absolute atomic E-state index is 11.5. The van der Waals surface area contributed by atoms with Gasteiger partial charge < -0.3 is 15.4 Å². The SMILES string of the molecule is CCCCCNC(=O)c1c[nH]c(=O)cc1O. The molecule has 88 valence electrons. The zero-order chi connectivity index (χ0) is 12.0. The second kappa shape index (κ2) is 5.95. The van der Waals surface area contributed by atoms with Crippen molar-refractivity contribution in [2.45, 2.75) is 26.2 Å². The highest BCUT2D eigenvalue weighted by Crippen LogP contribution is 2.11. The van der Waals surface area contributed by atoms with Crippen molar-refractivity contribution >= 4 is 5.91 Å². The highest BCUT2D eigenvalue weighted by Gasteiger charge is 2.10. The molecule has 0 fully saturated rings. The molecule has 0 saturated carbocycles. The highest BCUT2D eigenvalue weighted by atomic mass is 16.3. The van der Waals surface area contributed by atoms with Crippen molar-refractivity contribution in [3.05, 3.63) is 28.2 Å². The molecule has 0 bridgehead atoms. The summed E-state index contributed by atoms with van der Waals surface area (Å²) in [6.07, 6.45) is 4.26. The number of hydrogen-bond acceptors (Lipinski definition) is 3. The molecule has 1 amide bonds. The molecule has 0 atom stereocenters. The molecule has 0 aliphatic carbocycles. The lowest BCUT2D eigenvalue weighted by molar-refractivity contribution is 0.0950. The van der Waals surface area contributed by atoms with Crippen molar-refractivity contribution in [2.24, 2.45) is 0 Å². The van der Waals surface area contributed by atoms with Gasteiger partial charge in [-0.15, -0.1) is 0 Å². The van der Waals surface area contributed by atoms with Crippen LogP contribution >= 0.6 is 0 Å². The summed E-state index contributed by atoms with van der Waals surface area (Å²) in [5.41, 5.74) is -0.337. The number of hydrogen-bond donors (Lipinski definition) is 3. The molecule has 0 spiro atoms. The van der Waals surface area contributed by atoms with Crippen LogP contribution in [0.5, 0.6) is 5.75 Å². The summed E-state index contributed by atoms with van der Waals surface area (Å²) in [5.74, 6) is -0.665. The van der Waals surface area contributed by atoms with E-state index in [-0.39, 0.29) is 17.2 Å². The monoisotopic (exact) mass is 224 g/mol. The molecule has 0 radical (unpaired) electrons. The molecule has 0 aromatic carbocycles. The van der Waals surface area contributed by atoms with Gasteiger partial charge in [-0.2, -0.15) is 0 Å². The first-order valence-electron chi connectivity index (χ1n) is 5.35. The third kappa shape index (κ3) is 3.42. The number of carbonyl (C=O) groups excluding carboxylic acids is 1. The fourth-order valence-electron chi connectivity index (χ4n) is 1.31. The van der Waals surface area contributed by atoms with E-state index in [1.807, 2.05) is 0 Å². The molecule has 1 aromatic heterocycles. The molecule has 5 nitrogen and oxygen atoms in total. The van der Waals surface area contributed by atoms with Crippen molar-refractivity contribution in [1.82, 2.24) is 10.3 Å². The summed E-state index contributed by atoms with van der Waals surface area (Å²) in [6.45, 7) is 2.65. The summed E-state index contributed by atoms with van der Waals surface area (Å²) in [6, 6.07) is 0.987. The predicted octanol–water partition coefficient (Wildman–Crippen LogP) is 1.00. The average molecular weight is 224 g/mol. The van der Waals surface area contributed by atoms with E-state index in [9.17, 15) is 14.7 Å². The fraction of sp³-hybridized carbons (Fsp3) is 0.455. The van der Waals surface area contributed by atoms with Crippen LogP contribution in [0.1, 0.15) is 36.5 Å². The minimum atomic E-state index is -0.431. The van der Waals surface area contributed by atoms with Crippen molar-refractivity contribution in [3.8, 4) is 5.75 Å². The van der Waals surface area contributed by atoms with Gasteiger partial charge in [0.1, 0.15) is 5.75 Å². The molecular weight excluding hydrogens is 208 g/mol. The lowest BCUT2D eigenvalue weighted by atomic mass is 10.2. The van der Waals surface area contributed by atoms with Crippen LogP contribution in [0, 0.1) is 0 Å². The largest absolute Gasteiger partial charge is 0.507 e. The Labute approximate surface area is 93.5 Å². The van der Waals surface area contributed by atoms with E-state index in [0.717, 1.165) is 25.3 Å². The number of amides is 1. The molecule has 0 aliphatic rings. The van der Waals surface area contributed by atoms with Gasteiger partial charge >= 0.3 is 0 Å². The molecule has 0 unspecified atom stereocenters. The number of H-pyrrole nitrogens is 1. The number of aromatic amines is 1. The van der Waals surface area contributed by atoms with Gasteiger partial charge in [-0.25, -0.2) is 0 Å². The van der Waals surface area contributed by atoms with Crippen LogP contribution in [0.3, 0.4) is 0 Å². The van der Waals surface area contributed by atoms with E-state index in [1.54, 1.807) is 0 Å².